The summed E-state index contributed by atoms with van der Waals surface area (Å²) in [4.78, 5) is 12.3. The second kappa shape index (κ2) is 9.52. The van der Waals surface area contributed by atoms with E-state index in [-0.39, 0.29) is 11.9 Å². The van der Waals surface area contributed by atoms with Crippen LogP contribution in [-0.2, 0) is 10.5 Å². The number of methoxy groups -OCH3 is 1. The van der Waals surface area contributed by atoms with E-state index in [2.05, 4.69) is 49.5 Å². The fraction of sp³-hybridized carbons (Fsp3) is 0.381. The van der Waals surface area contributed by atoms with E-state index in [1.54, 1.807) is 18.9 Å². The van der Waals surface area contributed by atoms with Crippen molar-refractivity contribution in [2.24, 2.45) is 0 Å². The van der Waals surface area contributed by atoms with E-state index in [4.69, 9.17) is 4.74 Å². The lowest BCUT2D eigenvalue weighted by molar-refractivity contribution is -0.119. The zero-order valence-electron chi connectivity index (χ0n) is 15.5. The van der Waals surface area contributed by atoms with Crippen LogP contribution >= 0.6 is 11.8 Å². The lowest BCUT2D eigenvalue weighted by Crippen LogP contribution is -2.29. The standard InChI is InChI=1S/C21H27NO2S/c1-5-19(18-10-11-20(24-4)16(3)12-18)22-21(23)14-25-13-17-8-6-15(2)7-9-17/h6-12,19H,5,13-14H2,1-4H3,(H,22,23). The van der Waals surface area contributed by atoms with E-state index < -0.39 is 0 Å². The lowest BCUT2D eigenvalue weighted by Gasteiger charge is -2.19. The number of carbonyl (C=O) groups is 1. The van der Waals surface area contributed by atoms with E-state index in [1.807, 2.05) is 19.1 Å². The number of nitrogens with one attached hydrogen (secondary N) is 1. The summed E-state index contributed by atoms with van der Waals surface area (Å²) in [6.07, 6.45) is 0.861. The Labute approximate surface area is 155 Å². The molecule has 0 bridgehead atoms. The predicted molar refractivity (Wildman–Crippen MR) is 106 cm³/mol. The zero-order valence-corrected chi connectivity index (χ0v) is 16.3. The number of aryl methyl sites for hydroxylation is 2. The number of benzene rings is 2. The third-order valence-corrected chi connectivity index (χ3v) is 5.19. The first-order valence-corrected chi connectivity index (χ1v) is 9.76. The number of hydrogen-bond acceptors (Lipinski definition) is 3. The first-order chi connectivity index (χ1) is 12.0. The maximum absolute atomic E-state index is 12.3. The molecule has 4 heteroatoms. The first-order valence-electron chi connectivity index (χ1n) is 8.60. The Bertz CT molecular complexity index is 698. The van der Waals surface area contributed by atoms with Crippen molar-refractivity contribution in [2.45, 2.75) is 39.0 Å². The van der Waals surface area contributed by atoms with Gasteiger partial charge in [0.2, 0.25) is 5.91 Å². The largest absolute Gasteiger partial charge is 0.496 e. The highest BCUT2D eigenvalue weighted by Gasteiger charge is 2.14. The number of rotatable bonds is 8. The predicted octanol–water partition coefficient (Wildman–Crippen LogP) is 4.81. The Morgan fingerprint density at radius 1 is 1.16 bits per heavy atom. The molecule has 0 aliphatic heterocycles. The van der Waals surface area contributed by atoms with E-state index in [0.717, 1.165) is 29.1 Å². The van der Waals surface area contributed by atoms with Gasteiger partial charge in [-0.3, -0.25) is 4.79 Å². The molecule has 1 unspecified atom stereocenters. The van der Waals surface area contributed by atoms with E-state index in [1.165, 1.54) is 11.1 Å². The van der Waals surface area contributed by atoms with Crippen LogP contribution in [0.2, 0.25) is 0 Å². The summed E-state index contributed by atoms with van der Waals surface area (Å²) < 4.78 is 5.31. The zero-order chi connectivity index (χ0) is 18.2. The molecular formula is C21H27NO2S. The van der Waals surface area contributed by atoms with Crippen molar-refractivity contribution < 1.29 is 9.53 Å². The second-order valence-electron chi connectivity index (χ2n) is 6.24. The molecule has 1 atom stereocenters. The third-order valence-electron chi connectivity index (χ3n) is 4.19. The van der Waals surface area contributed by atoms with Crippen LogP contribution in [-0.4, -0.2) is 18.8 Å². The molecule has 0 saturated heterocycles. The van der Waals surface area contributed by atoms with Crippen molar-refractivity contribution in [3.63, 3.8) is 0 Å². The highest BCUT2D eigenvalue weighted by molar-refractivity contribution is 7.99. The smallest absolute Gasteiger partial charge is 0.230 e. The molecular weight excluding hydrogens is 330 g/mol. The van der Waals surface area contributed by atoms with Crippen molar-refractivity contribution in [2.75, 3.05) is 12.9 Å². The molecule has 0 aromatic heterocycles. The fourth-order valence-electron chi connectivity index (χ4n) is 2.72. The van der Waals surface area contributed by atoms with Crippen LogP contribution < -0.4 is 10.1 Å². The summed E-state index contributed by atoms with van der Waals surface area (Å²) in [5, 5.41) is 3.14. The maximum atomic E-state index is 12.3. The van der Waals surface area contributed by atoms with Crippen molar-refractivity contribution in [3.05, 3.63) is 64.7 Å². The first kappa shape index (κ1) is 19.4. The van der Waals surface area contributed by atoms with Crippen molar-refractivity contribution >= 4 is 17.7 Å². The monoisotopic (exact) mass is 357 g/mol. The summed E-state index contributed by atoms with van der Waals surface area (Å²) in [6, 6.07) is 14.6. The molecule has 0 spiro atoms. The van der Waals surface area contributed by atoms with Gasteiger partial charge in [0.05, 0.1) is 18.9 Å². The summed E-state index contributed by atoms with van der Waals surface area (Å²) >= 11 is 1.65. The van der Waals surface area contributed by atoms with Gasteiger partial charge in [-0.2, -0.15) is 0 Å². The molecule has 1 amide bonds. The maximum Gasteiger partial charge on any atom is 0.230 e. The average Bonchev–Trinajstić information content (AvgIpc) is 2.61. The third kappa shape index (κ3) is 5.82. The Balaban J connectivity index is 1.86. The van der Waals surface area contributed by atoms with Crippen molar-refractivity contribution in [1.29, 1.82) is 0 Å². The average molecular weight is 358 g/mol. The Kier molecular flexibility index (Phi) is 7.38. The van der Waals surface area contributed by atoms with Gasteiger partial charge in [-0.05, 0) is 43.0 Å². The minimum absolute atomic E-state index is 0.0390. The van der Waals surface area contributed by atoms with Crippen LogP contribution in [0.15, 0.2) is 42.5 Å². The van der Waals surface area contributed by atoms with E-state index in [9.17, 15) is 4.79 Å². The topological polar surface area (TPSA) is 38.3 Å². The summed E-state index contributed by atoms with van der Waals surface area (Å²) in [5.74, 6) is 2.28. The second-order valence-corrected chi connectivity index (χ2v) is 7.22. The highest BCUT2D eigenvalue weighted by atomic mass is 32.2. The molecule has 0 aliphatic rings. The van der Waals surface area contributed by atoms with E-state index >= 15 is 0 Å². The van der Waals surface area contributed by atoms with Gasteiger partial charge in [-0.25, -0.2) is 0 Å². The number of amides is 1. The Morgan fingerprint density at radius 2 is 1.88 bits per heavy atom. The van der Waals surface area contributed by atoms with Gasteiger partial charge in [0.15, 0.2) is 0 Å². The molecule has 134 valence electrons. The number of carbonyl (C=O) groups excluding carboxylic acids is 1. The van der Waals surface area contributed by atoms with Crippen molar-refractivity contribution in [3.8, 4) is 5.75 Å². The Hall–Kier alpha value is -1.94. The van der Waals surface area contributed by atoms with Gasteiger partial charge in [0.25, 0.3) is 0 Å². The van der Waals surface area contributed by atoms with Gasteiger partial charge in [-0.1, -0.05) is 48.9 Å². The summed E-state index contributed by atoms with van der Waals surface area (Å²) in [6.45, 7) is 6.19. The molecule has 0 heterocycles. The minimum Gasteiger partial charge on any atom is -0.496 e. The summed E-state index contributed by atoms with van der Waals surface area (Å²) in [5.41, 5.74) is 4.72. The van der Waals surface area contributed by atoms with Gasteiger partial charge in [0, 0.05) is 5.75 Å². The molecule has 0 fully saturated rings. The molecule has 0 aliphatic carbocycles. The number of thioether (sulfide) groups is 1. The number of hydrogen-bond donors (Lipinski definition) is 1. The van der Waals surface area contributed by atoms with Crippen LogP contribution in [0.3, 0.4) is 0 Å². The highest BCUT2D eigenvalue weighted by Crippen LogP contribution is 2.24. The van der Waals surface area contributed by atoms with Crippen LogP contribution in [0, 0.1) is 13.8 Å². The molecule has 1 N–H and O–H groups in total. The normalized spacial score (nSPS) is 11.8. The molecule has 3 nitrogen and oxygen atoms in total. The molecule has 2 rings (SSSR count). The van der Waals surface area contributed by atoms with Gasteiger partial charge < -0.3 is 10.1 Å². The SMILES string of the molecule is CCC(NC(=O)CSCc1ccc(C)cc1)c1ccc(OC)c(C)c1. The van der Waals surface area contributed by atoms with E-state index in [0.29, 0.717) is 5.75 Å². The molecule has 2 aromatic rings. The van der Waals surface area contributed by atoms with Crippen LogP contribution in [0.25, 0.3) is 0 Å². The molecule has 2 aromatic carbocycles. The van der Waals surface area contributed by atoms with Crippen LogP contribution in [0.1, 0.15) is 41.6 Å². The van der Waals surface area contributed by atoms with Gasteiger partial charge in [0.1, 0.15) is 5.75 Å². The molecule has 25 heavy (non-hydrogen) atoms. The van der Waals surface area contributed by atoms with Crippen LogP contribution in [0.5, 0.6) is 5.75 Å². The number of ether oxygens (including phenoxy) is 1. The summed E-state index contributed by atoms with van der Waals surface area (Å²) in [7, 11) is 1.67. The van der Waals surface area contributed by atoms with Gasteiger partial charge in [-0.15, -0.1) is 11.8 Å². The molecule has 0 radical (unpaired) electrons. The van der Waals surface area contributed by atoms with Gasteiger partial charge >= 0.3 is 0 Å². The minimum atomic E-state index is 0.0390. The van der Waals surface area contributed by atoms with Crippen molar-refractivity contribution in [1.82, 2.24) is 5.32 Å². The lowest BCUT2D eigenvalue weighted by atomic mass is 10.0. The van der Waals surface area contributed by atoms with Crippen LogP contribution in [0.4, 0.5) is 0 Å². The molecule has 0 saturated carbocycles. The Morgan fingerprint density at radius 3 is 2.48 bits per heavy atom. The quantitative estimate of drug-likeness (QED) is 0.736. The fourth-order valence-corrected chi connectivity index (χ4v) is 3.52.